The normalized spacial score (nSPS) is 10.9. The van der Waals surface area contributed by atoms with Gasteiger partial charge in [-0.2, -0.15) is 0 Å². The van der Waals surface area contributed by atoms with Crippen molar-refractivity contribution in [3.05, 3.63) is 28.8 Å². The third-order valence-corrected chi connectivity index (χ3v) is 2.70. The molecule has 4 heteroatoms. The van der Waals surface area contributed by atoms with Crippen molar-refractivity contribution in [1.29, 1.82) is 0 Å². The van der Waals surface area contributed by atoms with Crippen LogP contribution in [0.1, 0.15) is 25.8 Å². The molecule has 1 aromatic rings. The van der Waals surface area contributed by atoms with Gasteiger partial charge in [-0.1, -0.05) is 17.7 Å². The van der Waals surface area contributed by atoms with Crippen molar-refractivity contribution in [3.8, 4) is 5.75 Å². The van der Waals surface area contributed by atoms with Gasteiger partial charge in [0.1, 0.15) is 5.75 Å². The molecule has 0 saturated carbocycles. The molecule has 18 heavy (non-hydrogen) atoms. The van der Waals surface area contributed by atoms with Crippen LogP contribution in [0.5, 0.6) is 5.75 Å². The fourth-order valence-electron chi connectivity index (χ4n) is 1.57. The first-order chi connectivity index (χ1) is 8.67. The maximum atomic E-state index is 6.08. The van der Waals surface area contributed by atoms with E-state index in [2.05, 4.69) is 0 Å². The Morgan fingerprint density at radius 2 is 1.83 bits per heavy atom. The van der Waals surface area contributed by atoms with E-state index in [4.69, 9.17) is 25.8 Å². The lowest BCUT2D eigenvalue weighted by molar-refractivity contribution is -0.142. The third kappa shape index (κ3) is 5.25. The molecule has 0 unspecified atom stereocenters. The number of halogens is 1. The number of rotatable bonds is 8. The minimum atomic E-state index is -0.204. The second-order valence-corrected chi connectivity index (χ2v) is 4.32. The van der Waals surface area contributed by atoms with Gasteiger partial charge in [-0.25, -0.2) is 0 Å². The molecule has 0 amide bonds. The van der Waals surface area contributed by atoms with Crippen molar-refractivity contribution in [1.82, 2.24) is 0 Å². The molecule has 0 aliphatic carbocycles. The largest absolute Gasteiger partial charge is 0.492 e. The van der Waals surface area contributed by atoms with Gasteiger partial charge in [-0.3, -0.25) is 0 Å². The smallest absolute Gasteiger partial charge is 0.160 e. The van der Waals surface area contributed by atoms with E-state index < -0.39 is 0 Å². The number of benzene rings is 1. The average molecular weight is 273 g/mol. The molecule has 0 spiro atoms. The molecule has 1 aromatic carbocycles. The van der Waals surface area contributed by atoms with E-state index in [-0.39, 0.29) is 6.29 Å². The molecular formula is C14H21ClO3. The summed E-state index contributed by atoms with van der Waals surface area (Å²) in [4.78, 5) is 0. The van der Waals surface area contributed by atoms with Crippen LogP contribution in [0.15, 0.2) is 18.2 Å². The summed E-state index contributed by atoms with van der Waals surface area (Å²) >= 11 is 6.08. The monoisotopic (exact) mass is 272 g/mol. The highest BCUT2D eigenvalue weighted by atomic mass is 35.5. The first-order valence-corrected chi connectivity index (χ1v) is 6.67. The first kappa shape index (κ1) is 15.3. The van der Waals surface area contributed by atoms with Gasteiger partial charge in [0.15, 0.2) is 6.29 Å². The van der Waals surface area contributed by atoms with Gasteiger partial charge in [0, 0.05) is 19.6 Å². The fraction of sp³-hybridized carbons (Fsp3) is 0.571. The Hall–Kier alpha value is -0.770. The van der Waals surface area contributed by atoms with E-state index in [1.54, 1.807) is 0 Å². The van der Waals surface area contributed by atoms with E-state index in [0.29, 0.717) is 37.0 Å². The summed E-state index contributed by atoms with van der Waals surface area (Å²) in [6.45, 7) is 7.68. The van der Waals surface area contributed by atoms with Gasteiger partial charge in [-0.15, -0.1) is 0 Å². The number of hydrogen-bond donors (Lipinski definition) is 0. The summed E-state index contributed by atoms with van der Waals surface area (Å²) in [5.41, 5.74) is 1.12. The molecule has 0 fully saturated rings. The molecule has 0 aromatic heterocycles. The highest BCUT2D eigenvalue weighted by Gasteiger charge is 2.09. The zero-order chi connectivity index (χ0) is 13.4. The standard InChI is InChI=1S/C14H21ClO3/c1-4-16-14(17-5-2)8-9-18-13-7-6-11(3)10-12(13)15/h6-7,10,14H,4-5,8-9H2,1-3H3. The third-order valence-electron chi connectivity index (χ3n) is 2.40. The predicted molar refractivity (Wildman–Crippen MR) is 73.3 cm³/mol. The Kier molecular flexibility index (Phi) is 7.09. The Bertz CT molecular complexity index is 349. The summed E-state index contributed by atoms with van der Waals surface area (Å²) in [7, 11) is 0. The molecule has 0 bridgehead atoms. The SMILES string of the molecule is CCOC(CCOc1ccc(C)cc1Cl)OCC. The Morgan fingerprint density at radius 3 is 2.39 bits per heavy atom. The Morgan fingerprint density at radius 1 is 1.17 bits per heavy atom. The van der Waals surface area contributed by atoms with Crippen LogP contribution in [0.2, 0.25) is 5.02 Å². The van der Waals surface area contributed by atoms with E-state index in [9.17, 15) is 0 Å². The summed E-state index contributed by atoms with van der Waals surface area (Å²) in [6, 6.07) is 5.75. The van der Waals surface area contributed by atoms with Crippen LogP contribution in [-0.4, -0.2) is 26.1 Å². The lowest BCUT2D eigenvalue weighted by atomic mass is 10.2. The van der Waals surface area contributed by atoms with Crippen LogP contribution >= 0.6 is 11.6 Å². The summed E-state index contributed by atoms with van der Waals surface area (Å²) < 4.78 is 16.5. The van der Waals surface area contributed by atoms with Crippen molar-refractivity contribution >= 4 is 11.6 Å². The van der Waals surface area contributed by atoms with Crippen LogP contribution in [0, 0.1) is 6.92 Å². The summed E-state index contributed by atoms with van der Waals surface area (Å²) in [5, 5.41) is 0.638. The average Bonchev–Trinajstić information content (AvgIpc) is 2.32. The van der Waals surface area contributed by atoms with E-state index in [0.717, 1.165) is 5.56 Å². The molecule has 0 heterocycles. The maximum Gasteiger partial charge on any atom is 0.160 e. The van der Waals surface area contributed by atoms with Crippen molar-refractivity contribution in [2.24, 2.45) is 0 Å². The molecule has 0 aliphatic heterocycles. The lowest BCUT2D eigenvalue weighted by Gasteiger charge is -2.17. The fourth-order valence-corrected chi connectivity index (χ4v) is 1.86. The van der Waals surface area contributed by atoms with E-state index in [1.807, 2.05) is 39.0 Å². The van der Waals surface area contributed by atoms with Crippen molar-refractivity contribution in [2.75, 3.05) is 19.8 Å². The van der Waals surface area contributed by atoms with E-state index in [1.165, 1.54) is 0 Å². The second kappa shape index (κ2) is 8.35. The molecule has 0 atom stereocenters. The van der Waals surface area contributed by atoms with Crippen molar-refractivity contribution < 1.29 is 14.2 Å². The lowest BCUT2D eigenvalue weighted by Crippen LogP contribution is -2.20. The zero-order valence-corrected chi connectivity index (χ0v) is 12.0. The van der Waals surface area contributed by atoms with Gasteiger partial charge >= 0.3 is 0 Å². The predicted octanol–water partition coefficient (Wildman–Crippen LogP) is 3.82. The Labute approximate surface area is 114 Å². The molecule has 0 N–H and O–H groups in total. The maximum absolute atomic E-state index is 6.08. The van der Waals surface area contributed by atoms with Crippen molar-refractivity contribution in [2.45, 2.75) is 33.5 Å². The van der Waals surface area contributed by atoms with Gasteiger partial charge in [0.25, 0.3) is 0 Å². The molecule has 0 radical (unpaired) electrons. The van der Waals surface area contributed by atoms with Crippen LogP contribution in [0.3, 0.4) is 0 Å². The number of aryl methyl sites for hydroxylation is 1. The van der Waals surface area contributed by atoms with Crippen LogP contribution in [0.25, 0.3) is 0 Å². The molecule has 0 saturated heterocycles. The number of hydrogen-bond acceptors (Lipinski definition) is 3. The van der Waals surface area contributed by atoms with E-state index >= 15 is 0 Å². The molecule has 102 valence electrons. The van der Waals surface area contributed by atoms with Crippen LogP contribution in [-0.2, 0) is 9.47 Å². The van der Waals surface area contributed by atoms with Crippen LogP contribution in [0.4, 0.5) is 0 Å². The quantitative estimate of drug-likeness (QED) is 0.674. The van der Waals surface area contributed by atoms with Gasteiger partial charge < -0.3 is 14.2 Å². The topological polar surface area (TPSA) is 27.7 Å². The zero-order valence-electron chi connectivity index (χ0n) is 11.2. The molecule has 1 rings (SSSR count). The summed E-state index contributed by atoms with van der Waals surface area (Å²) in [6.07, 6.45) is 0.482. The highest BCUT2D eigenvalue weighted by molar-refractivity contribution is 6.32. The molecule has 0 aliphatic rings. The molecular weight excluding hydrogens is 252 g/mol. The van der Waals surface area contributed by atoms with Gasteiger partial charge in [-0.05, 0) is 38.5 Å². The second-order valence-electron chi connectivity index (χ2n) is 3.91. The highest BCUT2D eigenvalue weighted by Crippen LogP contribution is 2.25. The van der Waals surface area contributed by atoms with Crippen LogP contribution < -0.4 is 4.74 Å². The first-order valence-electron chi connectivity index (χ1n) is 6.29. The number of ether oxygens (including phenoxy) is 3. The van der Waals surface area contributed by atoms with Gasteiger partial charge in [0.05, 0.1) is 11.6 Å². The molecule has 3 nitrogen and oxygen atoms in total. The minimum absolute atomic E-state index is 0.204. The summed E-state index contributed by atoms with van der Waals surface area (Å²) in [5.74, 6) is 0.703. The Balaban J connectivity index is 2.39. The van der Waals surface area contributed by atoms with Gasteiger partial charge in [0.2, 0.25) is 0 Å². The minimum Gasteiger partial charge on any atom is -0.492 e. The van der Waals surface area contributed by atoms with Crippen molar-refractivity contribution in [3.63, 3.8) is 0 Å².